The first-order valence-electron chi connectivity index (χ1n) is 11.6. The molecule has 0 spiro atoms. The van der Waals surface area contributed by atoms with Gasteiger partial charge in [0.25, 0.3) is 5.91 Å². The number of benzene rings is 2. The van der Waals surface area contributed by atoms with Crippen molar-refractivity contribution in [1.29, 1.82) is 0 Å². The first kappa shape index (κ1) is 23.6. The number of esters is 1. The molecule has 0 N–H and O–H groups in total. The lowest BCUT2D eigenvalue weighted by atomic mass is 9.97. The molecule has 2 aromatic rings. The number of carbonyl (C=O) groups excluding carboxylic acids is 2. The van der Waals surface area contributed by atoms with Crippen molar-refractivity contribution in [1.82, 2.24) is 4.90 Å². The fourth-order valence-corrected chi connectivity index (χ4v) is 4.70. The molecule has 188 valence electrons. The molecule has 36 heavy (non-hydrogen) atoms. The number of hydrogen-bond acceptors (Lipinski definition) is 8. The van der Waals surface area contributed by atoms with Gasteiger partial charge in [0.05, 0.1) is 38.5 Å². The molecule has 0 aromatic heterocycles. The van der Waals surface area contributed by atoms with Crippen molar-refractivity contribution in [3.8, 4) is 28.7 Å². The average Bonchev–Trinajstić information content (AvgIpc) is 3.56. The van der Waals surface area contributed by atoms with Crippen molar-refractivity contribution < 1.29 is 38.0 Å². The summed E-state index contributed by atoms with van der Waals surface area (Å²) in [5.74, 6) is 1.70. The number of rotatable bonds is 5. The van der Waals surface area contributed by atoms with Crippen LogP contribution in [0.25, 0.3) is 12.2 Å². The molecule has 2 aromatic carbocycles. The Bertz CT molecular complexity index is 1240. The molecule has 9 nitrogen and oxygen atoms in total. The summed E-state index contributed by atoms with van der Waals surface area (Å²) in [6.07, 6.45) is 4.95. The van der Waals surface area contributed by atoms with Crippen molar-refractivity contribution in [2.24, 2.45) is 0 Å². The number of ether oxygens (including phenoxy) is 6. The SMILES string of the molecule is COc1cc(/C=C2\C(=O)OC[C@@H]3CCCN3C(=O)\C2=C\c2ccc3c(c2)OCO3)cc(OC)c1OC. The number of cyclic esters (lactones) is 1. The van der Waals surface area contributed by atoms with Crippen LogP contribution in [0.3, 0.4) is 0 Å². The summed E-state index contributed by atoms with van der Waals surface area (Å²) in [5, 5.41) is 0. The second-order valence-corrected chi connectivity index (χ2v) is 8.58. The van der Waals surface area contributed by atoms with Gasteiger partial charge in [-0.2, -0.15) is 0 Å². The monoisotopic (exact) mass is 493 g/mol. The van der Waals surface area contributed by atoms with Crippen LogP contribution in [0.15, 0.2) is 41.5 Å². The first-order chi connectivity index (χ1) is 17.5. The van der Waals surface area contributed by atoms with Crippen LogP contribution < -0.4 is 23.7 Å². The first-order valence-corrected chi connectivity index (χ1v) is 11.6. The van der Waals surface area contributed by atoms with Crippen molar-refractivity contribution >= 4 is 24.0 Å². The maximum Gasteiger partial charge on any atom is 0.339 e. The fourth-order valence-electron chi connectivity index (χ4n) is 4.70. The number of carbonyl (C=O) groups is 2. The van der Waals surface area contributed by atoms with E-state index in [0.717, 1.165) is 12.8 Å². The number of methoxy groups -OCH3 is 3. The fraction of sp³-hybridized carbons (Fsp3) is 0.333. The summed E-state index contributed by atoms with van der Waals surface area (Å²) in [6, 6.07) is 8.66. The summed E-state index contributed by atoms with van der Waals surface area (Å²) in [6.45, 7) is 0.911. The predicted octanol–water partition coefficient (Wildman–Crippen LogP) is 3.46. The van der Waals surface area contributed by atoms with Gasteiger partial charge in [-0.15, -0.1) is 0 Å². The van der Waals surface area contributed by atoms with E-state index in [9.17, 15) is 9.59 Å². The van der Waals surface area contributed by atoms with Gasteiger partial charge in [0.2, 0.25) is 12.5 Å². The zero-order valence-electron chi connectivity index (χ0n) is 20.4. The van der Waals surface area contributed by atoms with Crippen LogP contribution in [-0.2, 0) is 14.3 Å². The zero-order chi connectivity index (χ0) is 25.2. The molecule has 3 heterocycles. The van der Waals surface area contributed by atoms with E-state index in [1.165, 1.54) is 21.3 Å². The second kappa shape index (κ2) is 9.85. The van der Waals surface area contributed by atoms with Crippen molar-refractivity contribution in [2.45, 2.75) is 18.9 Å². The molecule has 3 aliphatic heterocycles. The minimum absolute atomic E-state index is 0.135. The van der Waals surface area contributed by atoms with Gasteiger partial charge in [-0.1, -0.05) is 6.07 Å². The lowest BCUT2D eigenvalue weighted by Crippen LogP contribution is -2.42. The van der Waals surface area contributed by atoms with Crippen molar-refractivity contribution in [3.63, 3.8) is 0 Å². The van der Waals surface area contributed by atoms with E-state index in [0.29, 0.717) is 46.4 Å². The second-order valence-electron chi connectivity index (χ2n) is 8.58. The third-order valence-electron chi connectivity index (χ3n) is 6.49. The summed E-state index contributed by atoms with van der Waals surface area (Å²) in [4.78, 5) is 28.9. The van der Waals surface area contributed by atoms with E-state index in [2.05, 4.69) is 0 Å². The highest BCUT2D eigenvalue weighted by atomic mass is 16.7. The zero-order valence-corrected chi connectivity index (χ0v) is 20.4. The molecule has 0 radical (unpaired) electrons. The van der Waals surface area contributed by atoms with Crippen LogP contribution in [0.1, 0.15) is 24.0 Å². The highest BCUT2D eigenvalue weighted by Gasteiger charge is 2.37. The molecule has 2 fully saturated rings. The third-order valence-corrected chi connectivity index (χ3v) is 6.49. The van der Waals surface area contributed by atoms with Crippen LogP contribution in [0, 0.1) is 0 Å². The van der Waals surface area contributed by atoms with Gasteiger partial charge in [0.1, 0.15) is 6.61 Å². The maximum atomic E-state index is 13.8. The van der Waals surface area contributed by atoms with Gasteiger partial charge in [0.15, 0.2) is 23.0 Å². The van der Waals surface area contributed by atoms with Gasteiger partial charge >= 0.3 is 5.97 Å². The van der Waals surface area contributed by atoms with Crippen LogP contribution in [-0.4, -0.2) is 64.1 Å². The van der Waals surface area contributed by atoms with Gasteiger partial charge in [-0.05, 0) is 60.4 Å². The lowest BCUT2D eigenvalue weighted by Gasteiger charge is -2.29. The molecule has 9 heteroatoms. The molecule has 0 saturated carbocycles. The number of nitrogens with zero attached hydrogens (tertiary/aromatic N) is 1. The molecule has 5 rings (SSSR count). The number of fused-ring (bicyclic) bond motifs is 2. The number of amides is 1. The Morgan fingerprint density at radius 1 is 0.861 bits per heavy atom. The van der Waals surface area contributed by atoms with Crippen molar-refractivity contribution in [3.05, 3.63) is 52.6 Å². The molecule has 1 amide bonds. The van der Waals surface area contributed by atoms with Gasteiger partial charge in [-0.3, -0.25) is 4.79 Å². The molecular formula is C27H27NO8. The Morgan fingerprint density at radius 2 is 1.58 bits per heavy atom. The quantitative estimate of drug-likeness (QED) is 0.462. The minimum atomic E-state index is -0.573. The third kappa shape index (κ3) is 4.32. The van der Waals surface area contributed by atoms with Crippen LogP contribution in [0.2, 0.25) is 0 Å². The highest BCUT2D eigenvalue weighted by Crippen LogP contribution is 2.40. The summed E-state index contributed by atoms with van der Waals surface area (Å²) < 4.78 is 32.9. The molecule has 3 aliphatic rings. The molecule has 0 unspecified atom stereocenters. The van der Waals surface area contributed by atoms with Crippen molar-refractivity contribution in [2.75, 3.05) is 41.3 Å². The Kier molecular flexibility index (Phi) is 6.45. The summed E-state index contributed by atoms with van der Waals surface area (Å²) >= 11 is 0. The molecular weight excluding hydrogens is 466 g/mol. The van der Waals surface area contributed by atoms with E-state index in [4.69, 9.17) is 28.4 Å². The molecule has 1 atom stereocenters. The van der Waals surface area contributed by atoms with Gasteiger partial charge < -0.3 is 33.3 Å². The van der Waals surface area contributed by atoms with E-state index in [1.807, 2.05) is 6.07 Å². The Hall–Kier alpha value is -4.14. The standard InChI is InChI=1S/C27H27NO8/c1-31-23-12-17(13-24(32-2)25(23)33-3)10-20-19(9-16-6-7-21-22(11-16)36-15-35-21)26(29)28-8-4-5-18(28)14-34-27(20)30/h6-7,9-13,18H,4-5,8,14-15H2,1-3H3/b19-9+,20-10-/t18-/m0/s1. The Balaban J connectivity index is 1.65. The topological polar surface area (TPSA) is 92.8 Å². The largest absolute Gasteiger partial charge is 0.493 e. The summed E-state index contributed by atoms with van der Waals surface area (Å²) in [5.41, 5.74) is 1.65. The minimum Gasteiger partial charge on any atom is -0.493 e. The van der Waals surface area contributed by atoms with E-state index in [-0.39, 0.29) is 36.5 Å². The molecule has 0 bridgehead atoms. The maximum absolute atomic E-state index is 13.8. The normalized spacial score (nSPS) is 21.2. The smallest absolute Gasteiger partial charge is 0.339 e. The van der Waals surface area contributed by atoms with Crippen LogP contribution >= 0.6 is 0 Å². The number of hydrogen-bond donors (Lipinski definition) is 0. The average molecular weight is 494 g/mol. The highest BCUT2D eigenvalue weighted by molar-refractivity contribution is 6.15. The molecule has 2 saturated heterocycles. The lowest BCUT2D eigenvalue weighted by molar-refractivity contribution is -0.144. The Morgan fingerprint density at radius 3 is 2.31 bits per heavy atom. The van der Waals surface area contributed by atoms with Gasteiger partial charge in [0, 0.05) is 6.54 Å². The van der Waals surface area contributed by atoms with E-state index in [1.54, 1.807) is 41.3 Å². The summed E-state index contributed by atoms with van der Waals surface area (Å²) in [7, 11) is 4.54. The molecule has 0 aliphatic carbocycles. The van der Waals surface area contributed by atoms with E-state index >= 15 is 0 Å². The predicted molar refractivity (Wildman–Crippen MR) is 130 cm³/mol. The Labute approximate surface area is 208 Å². The van der Waals surface area contributed by atoms with Crippen LogP contribution in [0.4, 0.5) is 0 Å². The van der Waals surface area contributed by atoms with Gasteiger partial charge in [-0.25, -0.2) is 4.79 Å². The van der Waals surface area contributed by atoms with E-state index < -0.39 is 5.97 Å². The van der Waals surface area contributed by atoms with Crippen LogP contribution in [0.5, 0.6) is 28.7 Å².